The first-order valence-corrected chi connectivity index (χ1v) is 11.7. The van der Waals surface area contributed by atoms with Crippen LogP contribution in [0, 0.1) is 12.7 Å². The van der Waals surface area contributed by atoms with Crippen LogP contribution >= 0.6 is 11.8 Å². The molecular weight excluding hydrogens is 425 g/mol. The predicted octanol–water partition coefficient (Wildman–Crippen LogP) is 5.62. The number of anilines is 1. The highest BCUT2D eigenvalue weighted by Crippen LogP contribution is 2.43. The topological polar surface area (TPSA) is 46.6 Å². The van der Waals surface area contributed by atoms with Gasteiger partial charge < -0.3 is 4.74 Å². The van der Waals surface area contributed by atoms with Crippen molar-refractivity contribution in [3.8, 4) is 5.75 Å². The van der Waals surface area contributed by atoms with Crippen molar-refractivity contribution in [2.75, 3.05) is 10.7 Å². The molecule has 0 radical (unpaired) electrons. The van der Waals surface area contributed by atoms with Crippen LogP contribution in [-0.2, 0) is 17.6 Å². The summed E-state index contributed by atoms with van der Waals surface area (Å²) in [6, 6.07) is 17.3. The zero-order valence-electron chi connectivity index (χ0n) is 17.6. The number of esters is 1. The third-order valence-electron chi connectivity index (χ3n) is 6.00. The van der Waals surface area contributed by atoms with E-state index in [0.29, 0.717) is 17.1 Å². The van der Waals surface area contributed by atoms with E-state index in [0.717, 1.165) is 36.1 Å². The molecule has 0 spiro atoms. The van der Waals surface area contributed by atoms with E-state index in [-0.39, 0.29) is 17.1 Å². The Morgan fingerprint density at radius 1 is 1.03 bits per heavy atom. The average Bonchev–Trinajstić information content (AvgIpc) is 3.40. The number of aryl methyl sites for hydroxylation is 3. The summed E-state index contributed by atoms with van der Waals surface area (Å²) in [4.78, 5) is 27.1. The van der Waals surface area contributed by atoms with Crippen molar-refractivity contribution in [1.82, 2.24) is 0 Å². The second-order valence-electron chi connectivity index (χ2n) is 8.15. The first kappa shape index (κ1) is 20.8. The Bertz CT molecular complexity index is 1210. The number of hydrogen-bond acceptors (Lipinski definition) is 4. The number of thioether (sulfide) groups is 1. The summed E-state index contributed by atoms with van der Waals surface area (Å²) < 4.78 is 19.0. The third-order valence-corrected chi connectivity index (χ3v) is 7.21. The van der Waals surface area contributed by atoms with Gasteiger partial charge in [-0.05, 0) is 90.9 Å². The van der Waals surface area contributed by atoms with Crippen LogP contribution in [0.3, 0.4) is 0 Å². The summed E-state index contributed by atoms with van der Waals surface area (Å²) in [5.41, 5.74) is 5.42. The van der Waals surface area contributed by atoms with Crippen molar-refractivity contribution in [2.45, 2.75) is 31.6 Å². The standard InChI is InChI=1S/C26H22FNO3S/c1-16-13-20(26(30)31-22-11-7-17-3-2-4-19(17)14-22)8-12-23(16)28-24(29)15-32-25(28)18-5-9-21(27)10-6-18/h5-14,25H,2-4,15H2,1H3. The van der Waals surface area contributed by atoms with E-state index in [2.05, 4.69) is 0 Å². The summed E-state index contributed by atoms with van der Waals surface area (Å²) in [5.74, 6) is 0.163. The Hall–Kier alpha value is -3.12. The van der Waals surface area contributed by atoms with Gasteiger partial charge in [0.05, 0.1) is 11.3 Å². The minimum atomic E-state index is -0.421. The Balaban J connectivity index is 1.38. The fourth-order valence-electron chi connectivity index (χ4n) is 4.39. The van der Waals surface area contributed by atoms with Gasteiger partial charge in [-0.2, -0.15) is 0 Å². The Morgan fingerprint density at radius 2 is 1.81 bits per heavy atom. The average molecular weight is 448 g/mol. The molecule has 1 unspecified atom stereocenters. The van der Waals surface area contributed by atoms with Crippen LogP contribution in [0.2, 0.25) is 0 Å². The first-order valence-electron chi connectivity index (χ1n) is 10.6. The smallest absolute Gasteiger partial charge is 0.343 e. The number of fused-ring (bicyclic) bond motifs is 1. The minimum absolute atomic E-state index is 0.0131. The molecule has 1 saturated heterocycles. The van der Waals surface area contributed by atoms with E-state index in [9.17, 15) is 14.0 Å². The highest BCUT2D eigenvalue weighted by Gasteiger charge is 2.35. The van der Waals surface area contributed by atoms with Gasteiger partial charge in [0.15, 0.2) is 0 Å². The van der Waals surface area contributed by atoms with Crippen molar-refractivity contribution in [3.63, 3.8) is 0 Å². The number of rotatable bonds is 4. The van der Waals surface area contributed by atoms with Gasteiger partial charge in [-0.1, -0.05) is 18.2 Å². The van der Waals surface area contributed by atoms with Crippen LogP contribution in [0.4, 0.5) is 10.1 Å². The molecule has 1 atom stereocenters. The summed E-state index contributed by atoms with van der Waals surface area (Å²) in [6.07, 6.45) is 3.24. The zero-order chi connectivity index (χ0) is 22.2. The summed E-state index contributed by atoms with van der Waals surface area (Å²) in [7, 11) is 0. The third kappa shape index (κ3) is 3.91. The van der Waals surface area contributed by atoms with Gasteiger partial charge in [-0.3, -0.25) is 9.69 Å². The lowest BCUT2D eigenvalue weighted by Gasteiger charge is -2.26. The van der Waals surface area contributed by atoms with E-state index >= 15 is 0 Å². The fraction of sp³-hybridized carbons (Fsp3) is 0.231. The molecule has 3 aromatic carbocycles. The van der Waals surface area contributed by atoms with Crippen molar-refractivity contribution >= 4 is 29.3 Å². The molecule has 0 saturated carbocycles. The minimum Gasteiger partial charge on any atom is -0.423 e. The quantitative estimate of drug-likeness (QED) is 0.385. The van der Waals surface area contributed by atoms with Gasteiger partial charge in [-0.25, -0.2) is 9.18 Å². The maximum atomic E-state index is 13.3. The van der Waals surface area contributed by atoms with E-state index in [1.165, 1.54) is 35.0 Å². The highest BCUT2D eigenvalue weighted by atomic mass is 32.2. The molecule has 1 aliphatic heterocycles. The molecule has 1 amide bonds. The Morgan fingerprint density at radius 3 is 2.59 bits per heavy atom. The molecule has 0 N–H and O–H groups in total. The maximum absolute atomic E-state index is 13.3. The van der Waals surface area contributed by atoms with Crippen molar-refractivity contribution < 1.29 is 18.7 Å². The number of carbonyl (C=O) groups excluding carboxylic acids is 2. The second-order valence-corrected chi connectivity index (χ2v) is 9.22. The molecule has 162 valence electrons. The van der Waals surface area contributed by atoms with Gasteiger partial charge in [0.2, 0.25) is 5.91 Å². The number of carbonyl (C=O) groups is 2. The van der Waals surface area contributed by atoms with Gasteiger partial charge >= 0.3 is 5.97 Å². The van der Waals surface area contributed by atoms with Gasteiger partial charge in [0.1, 0.15) is 16.9 Å². The molecule has 1 aliphatic carbocycles. The highest BCUT2D eigenvalue weighted by molar-refractivity contribution is 8.00. The second kappa shape index (κ2) is 8.43. The largest absolute Gasteiger partial charge is 0.423 e. The normalized spacial score (nSPS) is 17.5. The predicted molar refractivity (Wildman–Crippen MR) is 124 cm³/mol. The SMILES string of the molecule is Cc1cc(C(=O)Oc2ccc3c(c2)CCC3)ccc1N1C(=O)CSC1c1ccc(F)cc1. The zero-order valence-corrected chi connectivity index (χ0v) is 18.5. The van der Waals surface area contributed by atoms with Crippen LogP contribution in [-0.4, -0.2) is 17.6 Å². The fourth-order valence-corrected chi connectivity index (χ4v) is 5.56. The summed E-state index contributed by atoms with van der Waals surface area (Å²) in [6.45, 7) is 1.87. The Kier molecular flexibility index (Phi) is 5.47. The molecule has 1 heterocycles. The number of nitrogens with zero attached hydrogens (tertiary/aromatic N) is 1. The van der Waals surface area contributed by atoms with Crippen LogP contribution in [0.5, 0.6) is 5.75 Å². The van der Waals surface area contributed by atoms with Crippen LogP contribution in [0.25, 0.3) is 0 Å². The number of hydrogen-bond donors (Lipinski definition) is 0. The molecule has 5 rings (SSSR count). The molecule has 0 bridgehead atoms. The molecular formula is C26H22FNO3S. The lowest BCUT2D eigenvalue weighted by atomic mass is 10.1. The Labute approximate surface area is 190 Å². The van der Waals surface area contributed by atoms with Crippen molar-refractivity contribution in [2.24, 2.45) is 0 Å². The van der Waals surface area contributed by atoms with Gasteiger partial charge in [0, 0.05) is 5.69 Å². The summed E-state index contributed by atoms with van der Waals surface area (Å²) in [5, 5.41) is -0.231. The molecule has 32 heavy (non-hydrogen) atoms. The van der Waals surface area contributed by atoms with Crippen LogP contribution in [0.15, 0.2) is 60.7 Å². The molecule has 0 aromatic heterocycles. The van der Waals surface area contributed by atoms with Gasteiger partial charge in [0.25, 0.3) is 0 Å². The van der Waals surface area contributed by atoms with Crippen molar-refractivity contribution in [3.05, 3.63) is 94.3 Å². The molecule has 6 heteroatoms. The number of amides is 1. The van der Waals surface area contributed by atoms with Crippen molar-refractivity contribution in [1.29, 1.82) is 0 Å². The molecule has 3 aromatic rings. The van der Waals surface area contributed by atoms with E-state index < -0.39 is 5.97 Å². The van der Waals surface area contributed by atoms with E-state index in [1.54, 1.807) is 35.2 Å². The lowest BCUT2D eigenvalue weighted by Crippen LogP contribution is -2.28. The number of halogens is 1. The van der Waals surface area contributed by atoms with Gasteiger partial charge in [-0.15, -0.1) is 11.8 Å². The van der Waals surface area contributed by atoms with Crippen LogP contribution in [0.1, 0.15) is 44.4 Å². The van der Waals surface area contributed by atoms with Crippen LogP contribution < -0.4 is 9.64 Å². The first-order chi connectivity index (χ1) is 15.5. The van der Waals surface area contributed by atoms with E-state index in [1.807, 2.05) is 25.1 Å². The molecule has 2 aliphatic rings. The number of benzene rings is 3. The summed E-state index contributed by atoms with van der Waals surface area (Å²) >= 11 is 1.51. The lowest BCUT2D eigenvalue weighted by molar-refractivity contribution is -0.115. The molecule has 1 fully saturated rings. The molecule has 4 nitrogen and oxygen atoms in total. The number of ether oxygens (including phenoxy) is 1. The maximum Gasteiger partial charge on any atom is 0.343 e. The monoisotopic (exact) mass is 447 g/mol. The van der Waals surface area contributed by atoms with E-state index in [4.69, 9.17) is 4.74 Å².